The zero-order valence-electron chi connectivity index (χ0n) is 17.9. The number of anilines is 2. The third-order valence-electron chi connectivity index (χ3n) is 5.50. The Morgan fingerprint density at radius 2 is 2.03 bits per heavy atom. The van der Waals surface area contributed by atoms with E-state index in [0.29, 0.717) is 39.8 Å². The second-order valence-electron chi connectivity index (χ2n) is 8.08. The fourth-order valence-electron chi connectivity index (χ4n) is 3.60. The van der Waals surface area contributed by atoms with Crippen LogP contribution in [0.2, 0.25) is 0 Å². The lowest BCUT2D eigenvalue weighted by atomic mass is 10.0. The maximum atomic E-state index is 12.4. The molecular weight excluding hydrogens is 449 g/mol. The SMILES string of the molecule is Cc1cc(C(=O)NCC(F)(F)F)ccc1-c1cc2cc(NC(=O)[C@@H]3CC3C#N)ncc2c(N)n1. The molecule has 0 bridgehead atoms. The zero-order chi connectivity index (χ0) is 24.6. The summed E-state index contributed by atoms with van der Waals surface area (Å²) in [6.07, 6.45) is -2.48. The molecule has 0 spiro atoms. The zero-order valence-corrected chi connectivity index (χ0v) is 17.9. The van der Waals surface area contributed by atoms with Gasteiger partial charge in [-0.15, -0.1) is 0 Å². The highest BCUT2D eigenvalue weighted by atomic mass is 19.4. The number of nitrogen functional groups attached to an aromatic ring is 1. The number of halogens is 3. The molecule has 3 aromatic rings. The molecule has 0 radical (unpaired) electrons. The molecule has 1 aliphatic rings. The van der Waals surface area contributed by atoms with Gasteiger partial charge in [-0.05, 0) is 48.6 Å². The first-order valence-electron chi connectivity index (χ1n) is 10.3. The van der Waals surface area contributed by atoms with Gasteiger partial charge in [0, 0.05) is 22.7 Å². The Morgan fingerprint density at radius 3 is 2.68 bits per heavy atom. The summed E-state index contributed by atoms with van der Waals surface area (Å²) in [5.74, 6) is -1.19. The maximum absolute atomic E-state index is 12.4. The molecule has 2 aromatic heterocycles. The molecule has 11 heteroatoms. The molecule has 1 aliphatic carbocycles. The van der Waals surface area contributed by atoms with Crippen molar-refractivity contribution >= 4 is 34.2 Å². The van der Waals surface area contributed by atoms with Crippen molar-refractivity contribution in [1.29, 1.82) is 5.26 Å². The number of rotatable bonds is 5. The number of fused-ring (bicyclic) bond motifs is 1. The van der Waals surface area contributed by atoms with E-state index < -0.39 is 18.6 Å². The molecule has 2 atom stereocenters. The standard InChI is InChI=1S/C23H19F3N6O2/c1-11-4-12(21(33)30-10-23(24,25)26)2-3-15(11)18-6-13-7-19(29-9-17(13)20(28)31-18)32-22(34)16-5-14(16)8-27/h2-4,6-7,9,14,16H,5,10H2,1H3,(H2,28,31)(H,30,33)(H,29,32,34)/t14?,16-/m1/s1. The molecule has 2 heterocycles. The van der Waals surface area contributed by atoms with Crippen LogP contribution in [0.1, 0.15) is 22.3 Å². The number of carbonyl (C=O) groups excluding carboxylic acids is 2. The fraction of sp³-hybridized carbons (Fsp3) is 0.261. The van der Waals surface area contributed by atoms with Gasteiger partial charge in [0.15, 0.2) is 0 Å². The molecule has 4 N–H and O–H groups in total. The molecule has 1 unspecified atom stereocenters. The number of hydrogen-bond acceptors (Lipinski definition) is 6. The second kappa shape index (κ2) is 8.62. The molecule has 1 saturated carbocycles. The lowest BCUT2D eigenvalue weighted by Crippen LogP contribution is -2.33. The number of pyridine rings is 2. The molecule has 1 fully saturated rings. The molecule has 1 aromatic carbocycles. The summed E-state index contributed by atoms with van der Waals surface area (Å²) in [5.41, 5.74) is 7.93. The lowest BCUT2D eigenvalue weighted by molar-refractivity contribution is -0.123. The number of nitriles is 1. The summed E-state index contributed by atoms with van der Waals surface area (Å²) in [6, 6.07) is 9.93. The molecule has 4 rings (SSSR count). The highest BCUT2D eigenvalue weighted by Crippen LogP contribution is 2.38. The van der Waals surface area contributed by atoms with E-state index in [4.69, 9.17) is 11.0 Å². The summed E-state index contributed by atoms with van der Waals surface area (Å²) in [4.78, 5) is 32.9. The third-order valence-corrected chi connectivity index (χ3v) is 5.50. The van der Waals surface area contributed by atoms with Gasteiger partial charge in [-0.1, -0.05) is 6.07 Å². The minimum absolute atomic E-state index is 0.0872. The van der Waals surface area contributed by atoms with Gasteiger partial charge in [0.25, 0.3) is 5.91 Å². The number of nitrogens with zero attached hydrogens (tertiary/aromatic N) is 3. The van der Waals surface area contributed by atoms with Crippen LogP contribution in [0.25, 0.3) is 22.0 Å². The average Bonchev–Trinajstić information content (AvgIpc) is 3.57. The van der Waals surface area contributed by atoms with Crippen LogP contribution in [0.4, 0.5) is 24.8 Å². The van der Waals surface area contributed by atoms with E-state index in [0.717, 1.165) is 0 Å². The van der Waals surface area contributed by atoms with E-state index in [9.17, 15) is 22.8 Å². The third kappa shape index (κ3) is 4.91. The Kier molecular flexibility index (Phi) is 5.83. The van der Waals surface area contributed by atoms with Crippen LogP contribution < -0.4 is 16.4 Å². The Labute approximate surface area is 192 Å². The highest BCUT2D eigenvalue weighted by Gasteiger charge is 2.43. The van der Waals surface area contributed by atoms with Gasteiger partial charge in [-0.2, -0.15) is 18.4 Å². The highest BCUT2D eigenvalue weighted by molar-refractivity contribution is 5.99. The van der Waals surface area contributed by atoms with Crippen LogP contribution in [0.15, 0.2) is 36.5 Å². The first-order valence-corrected chi connectivity index (χ1v) is 10.3. The van der Waals surface area contributed by atoms with Crippen LogP contribution in [0.5, 0.6) is 0 Å². The first kappa shape index (κ1) is 23.0. The lowest BCUT2D eigenvalue weighted by Gasteiger charge is -2.12. The van der Waals surface area contributed by atoms with Crippen molar-refractivity contribution in [2.24, 2.45) is 11.8 Å². The summed E-state index contributed by atoms with van der Waals surface area (Å²) in [6.45, 7) is 0.289. The second-order valence-corrected chi connectivity index (χ2v) is 8.08. The van der Waals surface area contributed by atoms with Crippen molar-refractivity contribution in [2.75, 3.05) is 17.6 Å². The molecule has 34 heavy (non-hydrogen) atoms. The fourth-order valence-corrected chi connectivity index (χ4v) is 3.60. The molecule has 8 nitrogen and oxygen atoms in total. The largest absolute Gasteiger partial charge is 0.405 e. The van der Waals surface area contributed by atoms with Crippen molar-refractivity contribution in [3.8, 4) is 17.3 Å². The van der Waals surface area contributed by atoms with Gasteiger partial charge < -0.3 is 16.4 Å². The molecular formula is C23H19F3N6O2. The number of aryl methyl sites for hydroxylation is 1. The number of amides is 2. The smallest absolute Gasteiger partial charge is 0.383 e. The number of nitrogens with one attached hydrogen (secondary N) is 2. The van der Waals surface area contributed by atoms with E-state index >= 15 is 0 Å². The molecule has 0 saturated heterocycles. The summed E-state index contributed by atoms with van der Waals surface area (Å²) >= 11 is 0. The molecule has 2 amide bonds. The van der Waals surface area contributed by atoms with Gasteiger partial charge in [-0.25, -0.2) is 9.97 Å². The Balaban J connectivity index is 1.59. The maximum Gasteiger partial charge on any atom is 0.405 e. The van der Waals surface area contributed by atoms with Gasteiger partial charge in [0.1, 0.15) is 18.2 Å². The van der Waals surface area contributed by atoms with Crippen molar-refractivity contribution in [1.82, 2.24) is 15.3 Å². The first-order chi connectivity index (χ1) is 16.1. The Morgan fingerprint density at radius 1 is 1.26 bits per heavy atom. The summed E-state index contributed by atoms with van der Waals surface area (Å²) in [5, 5.41) is 14.7. The number of benzene rings is 1. The quantitative estimate of drug-likeness (QED) is 0.524. The minimum atomic E-state index is -4.50. The topological polar surface area (TPSA) is 134 Å². The van der Waals surface area contributed by atoms with E-state index in [2.05, 4.69) is 21.4 Å². The van der Waals surface area contributed by atoms with Gasteiger partial charge >= 0.3 is 6.18 Å². The number of carbonyl (C=O) groups is 2. The normalized spacial score (nSPS) is 17.1. The molecule has 0 aliphatic heterocycles. The monoisotopic (exact) mass is 468 g/mol. The predicted octanol–water partition coefficient (Wildman–Crippen LogP) is 3.58. The number of nitrogens with two attached hydrogens (primary N) is 1. The average molecular weight is 468 g/mol. The van der Waals surface area contributed by atoms with Gasteiger partial charge in [0.05, 0.1) is 23.6 Å². The number of aromatic nitrogens is 2. The van der Waals surface area contributed by atoms with E-state index in [-0.39, 0.29) is 29.1 Å². The predicted molar refractivity (Wildman–Crippen MR) is 118 cm³/mol. The van der Waals surface area contributed by atoms with Crippen molar-refractivity contribution < 1.29 is 22.8 Å². The van der Waals surface area contributed by atoms with Crippen LogP contribution in [-0.4, -0.2) is 34.5 Å². The summed E-state index contributed by atoms with van der Waals surface area (Å²) in [7, 11) is 0. The van der Waals surface area contributed by atoms with Crippen molar-refractivity contribution in [3.63, 3.8) is 0 Å². The van der Waals surface area contributed by atoms with Crippen molar-refractivity contribution in [2.45, 2.75) is 19.5 Å². The van der Waals surface area contributed by atoms with Crippen LogP contribution in [0.3, 0.4) is 0 Å². The molecule has 174 valence electrons. The van der Waals surface area contributed by atoms with E-state index in [1.54, 1.807) is 25.1 Å². The van der Waals surface area contributed by atoms with Gasteiger partial charge in [-0.3, -0.25) is 9.59 Å². The Hall–Kier alpha value is -4.20. The van der Waals surface area contributed by atoms with Gasteiger partial charge in [0.2, 0.25) is 5.91 Å². The van der Waals surface area contributed by atoms with Crippen LogP contribution in [0, 0.1) is 30.1 Å². The number of hydrogen-bond donors (Lipinski definition) is 3. The number of alkyl halides is 3. The van der Waals surface area contributed by atoms with Crippen LogP contribution >= 0.6 is 0 Å². The Bertz CT molecular complexity index is 1350. The van der Waals surface area contributed by atoms with Crippen LogP contribution in [-0.2, 0) is 4.79 Å². The minimum Gasteiger partial charge on any atom is -0.383 e. The van der Waals surface area contributed by atoms with Crippen molar-refractivity contribution in [3.05, 3.63) is 47.7 Å². The summed E-state index contributed by atoms with van der Waals surface area (Å²) < 4.78 is 37.1. The van der Waals surface area contributed by atoms with E-state index in [1.807, 2.05) is 5.32 Å². The van der Waals surface area contributed by atoms with E-state index in [1.165, 1.54) is 18.3 Å².